The zero-order chi connectivity index (χ0) is 20.6. The van der Waals surface area contributed by atoms with Crippen molar-refractivity contribution in [1.82, 2.24) is 5.32 Å². The number of benzene rings is 2. The van der Waals surface area contributed by atoms with Crippen LogP contribution in [0.3, 0.4) is 0 Å². The molecule has 7 nitrogen and oxygen atoms in total. The van der Waals surface area contributed by atoms with Gasteiger partial charge in [-0.25, -0.2) is 8.42 Å². The smallest absolute Gasteiger partial charge is 0.259 e. The number of amides is 2. The molecule has 0 spiro atoms. The molecule has 1 N–H and O–H groups in total. The van der Waals surface area contributed by atoms with Crippen LogP contribution in [0.2, 0.25) is 0 Å². The second-order valence-corrected chi connectivity index (χ2v) is 8.38. The van der Waals surface area contributed by atoms with Crippen molar-refractivity contribution in [2.75, 3.05) is 11.4 Å². The summed E-state index contributed by atoms with van der Waals surface area (Å²) in [5, 5.41) is 2.72. The Labute approximate surface area is 167 Å². The first-order chi connectivity index (χ1) is 13.9. The van der Waals surface area contributed by atoms with Gasteiger partial charge < -0.3 is 14.6 Å². The third kappa shape index (κ3) is 3.21. The van der Waals surface area contributed by atoms with Crippen molar-refractivity contribution in [3.8, 4) is 0 Å². The van der Waals surface area contributed by atoms with Gasteiger partial charge in [0, 0.05) is 12.1 Å². The summed E-state index contributed by atoms with van der Waals surface area (Å²) < 4.78 is 31.6. The molecule has 29 heavy (non-hydrogen) atoms. The minimum Gasteiger partial charge on any atom is -0.467 e. The molecule has 1 aliphatic heterocycles. The van der Waals surface area contributed by atoms with Crippen LogP contribution in [0, 0.1) is 0 Å². The number of carbonyl (C=O) groups is 2. The fourth-order valence-corrected chi connectivity index (χ4v) is 4.98. The Balaban J connectivity index is 1.78. The molecule has 1 aromatic heterocycles. The summed E-state index contributed by atoms with van der Waals surface area (Å²) in [4.78, 5) is 26.9. The van der Waals surface area contributed by atoms with E-state index in [0.29, 0.717) is 5.76 Å². The minimum atomic E-state index is -3.91. The number of anilines is 1. The lowest BCUT2D eigenvalue weighted by Gasteiger charge is -2.21. The Morgan fingerprint density at radius 3 is 2.59 bits per heavy atom. The SMILES string of the molecule is CCN1C(=O)c2ccccc2S(=O)(=O)c2ccc(C(=O)NCc3ccco3)cc21. The van der Waals surface area contributed by atoms with E-state index in [0.717, 1.165) is 0 Å². The summed E-state index contributed by atoms with van der Waals surface area (Å²) in [7, 11) is -3.91. The van der Waals surface area contributed by atoms with E-state index in [1.807, 2.05) is 0 Å². The van der Waals surface area contributed by atoms with Crippen molar-refractivity contribution in [2.24, 2.45) is 0 Å². The van der Waals surface area contributed by atoms with Crippen molar-refractivity contribution in [1.29, 1.82) is 0 Å². The summed E-state index contributed by atoms with van der Waals surface area (Å²) in [5.41, 5.74) is 0.566. The summed E-state index contributed by atoms with van der Waals surface area (Å²) >= 11 is 0. The average molecular weight is 410 g/mol. The lowest BCUT2D eigenvalue weighted by atomic mass is 10.1. The van der Waals surface area contributed by atoms with Gasteiger partial charge in [0.25, 0.3) is 11.8 Å². The number of hydrogen-bond acceptors (Lipinski definition) is 5. The lowest BCUT2D eigenvalue weighted by molar-refractivity contribution is 0.0945. The maximum Gasteiger partial charge on any atom is 0.259 e. The summed E-state index contributed by atoms with van der Waals surface area (Å²) in [6.07, 6.45) is 1.51. The largest absolute Gasteiger partial charge is 0.467 e. The maximum absolute atomic E-state index is 13.2. The quantitative estimate of drug-likeness (QED) is 0.713. The molecule has 1 aliphatic rings. The van der Waals surface area contributed by atoms with Crippen LogP contribution in [0.25, 0.3) is 0 Å². The van der Waals surface area contributed by atoms with Crippen LogP contribution in [-0.4, -0.2) is 26.8 Å². The molecule has 0 saturated heterocycles. The van der Waals surface area contributed by atoms with Gasteiger partial charge in [-0.2, -0.15) is 0 Å². The average Bonchev–Trinajstić information content (AvgIpc) is 3.23. The van der Waals surface area contributed by atoms with Gasteiger partial charge in [0.2, 0.25) is 9.84 Å². The molecule has 2 amide bonds. The van der Waals surface area contributed by atoms with E-state index in [-0.39, 0.29) is 39.7 Å². The highest BCUT2D eigenvalue weighted by Crippen LogP contribution is 2.37. The molecule has 148 valence electrons. The molecule has 8 heteroatoms. The summed E-state index contributed by atoms with van der Waals surface area (Å²) in [6.45, 7) is 2.21. The molecule has 0 atom stereocenters. The van der Waals surface area contributed by atoms with E-state index >= 15 is 0 Å². The van der Waals surface area contributed by atoms with Crippen LogP contribution >= 0.6 is 0 Å². The lowest BCUT2D eigenvalue weighted by Crippen LogP contribution is -2.31. The fraction of sp³-hybridized carbons (Fsp3) is 0.143. The van der Waals surface area contributed by atoms with Gasteiger partial charge in [-0.15, -0.1) is 0 Å². The number of furan rings is 1. The normalized spacial score (nSPS) is 14.7. The number of sulfone groups is 1. The van der Waals surface area contributed by atoms with E-state index < -0.39 is 21.7 Å². The predicted octanol–water partition coefficient (Wildman–Crippen LogP) is 3.02. The molecule has 0 radical (unpaired) electrons. The molecule has 2 aromatic carbocycles. The highest BCUT2D eigenvalue weighted by atomic mass is 32.2. The van der Waals surface area contributed by atoms with Gasteiger partial charge in [0.05, 0.1) is 33.8 Å². The van der Waals surface area contributed by atoms with Gasteiger partial charge in [0.15, 0.2) is 0 Å². The van der Waals surface area contributed by atoms with Gasteiger partial charge in [0.1, 0.15) is 5.76 Å². The number of nitrogens with zero attached hydrogens (tertiary/aromatic N) is 1. The molecule has 0 aliphatic carbocycles. The van der Waals surface area contributed by atoms with E-state index in [1.165, 1.54) is 41.5 Å². The number of fused-ring (bicyclic) bond motifs is 2. The summed E-state index contributed by atoms with van der Waals surface area (Å²) in [5.74, 6) is -0.220. The molecular formula is C21H18N2O5S. The van der Waals surface area contributed by atoms with E-state index in [9.17, 15) is 18.0 Å². The standard InChI is InChI=1S/C21H18N2O5S/c1-2-23-17-12-14(20(24)22-13-15-6-5-11-28-15)9-10-19(17)29(26,27)18-8-4-3-7-16(18)21(23)25/h3-12H,2,13H2,1H3,(H,22,24). The van der Waals surface area contributed by atoms with Gasteiger partial charge in [-0.1, -0.05) is 12.1 Å². The van der Waals surface area contributed by atoms with Crippen LogP contribution < -0.4 is 10.2 Å². The second-order valence-electron chi connectivity index (χ2n) is 6.49. The van der Waals surface area contributed by atoms with Crippen LogP contribution in [0.4, 0.5) is 5.69 Å². The van der Waals surface area contributed by atoms with Crippen molar-refractivity contribution in [3.05, 3.63) is 77.7 Å². The first kappa shape index (κ1) is 18.9. The molecule has 4 rings (SSSR count). The Morgan fingerprint density at radius 1 is 1.07 bits per heavy atom. The molecule has 0 fully saturated rings. The van der Waals surface area contributed by atoms with Crippen molar-refractivity contribution in [3.63, 3.8) is 0 Å². The molecular weight excluding hydrogens is 392 g/mol. The van der Waals surface area contributed by atoms with Crippen molar-refractivity contribution < 1.29 is 22.4 Å². The Bertz CT molecular complexity index is 1200. The van der Waals surface area contributed by atoms with Gasteiger partial charge in [-0.3, -0.25) is 9.59 Å². The van der Waals surface area contributed by atoms with Crippen molar-refractivity contribution in [2.45, 2.75) is 23.3 Å². The van der Waals surface area contributed by atoms with E-state index in [4.69, 9.17) is 4.42 Å². The maximum atomic E-state index is 13.2. The first-order valence-electron chi connectivity index (χ1n) is 9.04. The van der Waals surface area contributed by atoms with Gasteiger partial charge >= 0.3 is 0 Å². The molecule has 0 bridgehead atoms. The molecule has 3 aromatic rings. The highest BCUT2D eigenvalue weighted by molar-refractivity contribution is 7.91. The Hall–Kier alpha value is -3.39. The summed E-state index contributed by atoms with van der Waals surface area (Å²) in [6, 6.07) is 13.9. The molecule has 2 heterocycles. The third-order valence-corrected chi connectivity index (χ3v) is 6.63. The minimum absolute atomic E-state index is 0.000217. The third-order valence-electron chi connectivity index (χ3n) is 4.77. The number of carbonyl (C=O) groups excluding carboxylic acids is 2. The number of rotatable bonds is 4. The van der Waals surface area contributed by atoms with Gasteiger partial charge in [-0.05, 0) is 49.4 Å². The van der Waals surface area contributed by atoms with Crippen LogP contribution in [0.15, 0.2) is 75.1 Å². The fourth-order valence-electron chi connectivity index (χ4n) is 3.34. The predicted molar refractivity (Wildman–Crippen MR) is 106 cm³/mol. The van der Waals surface area contributed by atoms with E-state index in [2.05, 4.69) is 5.32 Å². The van der Waals surface area contributed by atoms with Crippen molar-refractivity contribution >= 4 is 27.3 Å². The van der Waals surface area contributed by atoms with Crippen LogP contribution in [0.1, 0.15) is 33.4 Å². The zero-order valence-corrected chi connectivity index (χ0v) is 16.4. The van der Waals surface area contributed by atoms with Crippen LogP contribution in [0.5, 0.6) is 0 Å². The van der Waals surface area contributed by atoms with Crippen LogP contribution in [-0.2, 0) is 16.4 Å². The van der Waals surface area contributed by atoms with E-state index in [1.54, 1.807) is 31.2 Å². The molecule has 0 unspecified atom stereocenters. The number of hydrogen-bond donors (Lipinski definition) is 1. The Morgan fingerprint density at radius 2 is 1.86 bits per heavy atom. The first-order valence-corrected chi connectivity index (χ1v) is 10.5. The monoisotopic (exact) mass is 410 g/mol. The number of nitrogens with one attached hydrogen (secondary N) is 1. The topological polar surface area (TPSA) is 96.7 Å². The highest BCUT2D eigenvalue weighted by Gasteiger charge is 2.35. The second kappa shape index (κ2) is 7.21. The zero-order valence-electron chi connectivity index (χ0n) is 15.6. The molecule has 0 saturated carbocycles. The Kier molecular flexibility index (Phi) is 4.71.